The fourth-order valence-corrected chi connectivity index (χ4v) is 5.80. The number of benzene rings is 2. The van der Waals surface area contributed by atoms with E-state index in [0.717, 1.165) is 40.3 Å². The number of anilines is 3. The Labute approximate surface area is 229 Å². The lowest BCUT2D eigenvalue weighted by Crippen LogP contribution is -2.30. The van der Waals surface area contributed by atoms with Gasteiger partial charge in [0.2, 0.25) is 10.0 Å². The Bertz CT molecular complexity index is 1570. The Hall–Kier alpha value is -3.89. The highest BCUT2D eigenvalue weighted by atomic mass is 32.2. The molecule has 0 amide bonds. The second kappa shape index (κ2) is 10.1. The molecule has 0 bridgehead atoms. The summed E-state index contributed by atoms with van der Waals surface area (Å²) in [6.07, 6.45) is 4.99. The molecule has 2 atom stereocenters. The van der Waals surface area contributed by atoms with Crippen molar-refractivity contribution >= 4 is 44.4 Å². The van der Waals surface area contributed by atoms with Crippen molar-refractivity contribution in [2.75, 3.05) is 34.9 Å². The zero-order valence-corrected chi connectivity index (χ0v) is 23.3. The molecule has 38 heavy (non-hydrogen) atoms. The third kappa shape index (κ3) is 5.09. The van der Waals surface area contributed by atoms with Crippen LogP contribution in [0.5, 0.6) is 0 Å². The zero-order valence-electron chi connectivity index (χ0n) is 21.7. The van der Waals surface area contributed by atoms with Gasteiger partial charge in [0.25, 0.3) is 0 Å². The van der Waals surface area contributed by atoms with Gasteiger partial charge in [0.05, 0.1) is 23.7 Å². The molecular weight excluding hydrogens is 516 g/mol. The van der Waals surface area contributed by atoms with Crippen LogP contribution in [0.1, 0.15) is 29.0 Å². The lowest BCUT2D eigenvalue weighted by atomic mass is 10.0. The molecule has 0 aliphatic carbocycles. The topological polar surface area (TPSA) is 82.5 Å². The lowest BCUT2D eigenvalue weighted by molar-refractivity contribution is 0.549. The van der Waals surface area contributed by atoms with Crippen molar-refractivity contribution in [3.63, 3.8) is 0 Å². The van der Waals surface area contributed by atoms with Crippen LogP contribution in [0.3, 0.4) is 0 Å². The third-order valence-electron chi connectivity index (χ3n) is 6.61. The molecule has 1 fully saturated rings. The average molecular weight is 547 g/mol. The Morgan fingerprint density at radius 3 is 2.37 bits per heavy atom. The molecule has 8 nitrogen and oxygen atoms in total. The molecule has 0 radical (unpaired) electrons. The standard InChI is InChI=1S/C28H30N6O2S2/c1-19-18-22(14-15-23(19)31-38(4,35)36)34-27(26(30-28(34)37)24-8-5-6-16-29-24)25-9-7-17-33(25)21-12-10-20(11-13-21)32(2)3/h5-18,26-27,31H,1-4H3,(H,30,37)/t26-,27-/m1/s1. The van der Waals surface area contributed by atoms with Crippen molar-refractivity contribution in [1.82, 2.24) is 14.9 Å². The second-order valence-corrected chi connectivity index (χ2v) is 11.7. The summed E-state index contributed by atoms with van der Waals surface area (Å²) < 4.78 is 28.4. The van der Waals surface area contributed by atoms with E-state index in [4.69, 9.17) is 12.2 Å². The lowest BCUT2D eigenvalue weighted by Gasteiger charge is -2.29. The first-order valence-corrected chi connectivity index (χ1v) is 14.5. The van der Waals surface area contributed by atoms with Crippen LogP contribution in [0, 0.1) is 6.92 Å². The Morgan fingerprint density at radius 1 is 1.00 bits per heavy atom. The van der Waals surface area contributed by atoms with Crippen molar-refractivity contribution < 1.29 is 8.42 Å². The van der Waals surface area contributed by atoms with E-state index in [9.17, 15) is 8.42 Å². The summed E-state index contributed by atoms with van der Waals surface area (Å²) in [6.45, 7) is 1.88. The molecule has 0 spiro atoms. The summed E-state index contributed by atoms with van der Waals surface area (Å²) in [5.74, 6) is 0. The van der Waals surface area contributed by atoms with Gasteiger partial charge < -0.3 is 19.7 Å². The molecule has 0 saturated carbocycles. The van der Waals surface area contributed by atoms with Gasteiger partial charge in [0, 0.05) is 49.2 Å². The summed E-state index contributed by atoms with van der Waals surface area (Å²) in [5.41, 5.74) is 6.28. The van der Waals surface area contributed by atoms with Crippen LogP contribution in [0.4, 0.5) is 17.1 Å². The fourth-order valence-electron chi connectivity index (χ4n) is 4.83. The number of aryl methyl sites for hydroxylation is 1. The van der Waals surface area contributed by atoms with Crippen LogP contribution in [0.15, 0.2) is 85.2 Å². The molecule has 3 heterocycles. The number of nitrogens with one attached hydrogen (secondary N) is 2. The molecule has 196 valence electrons. The van der Waals surface area contributed by atoms with E-state index in [-0.39, 0.29) is 12.1 Å². The number of thiocarbonyl (C=S) groups is 1. The summed E-state index contributed by atoms with van der Waals surface area (Å²) in [5, 5.41) is 4.07. The second-order valence-electron chi connectivity index (χ2n) is 9.58. The Kier molecular flexibility index (Phi) is 6.85. The highest BCUT2D eigenvalue weighted by Gasteiger charge is 2.42. The number of pyridine rings is 1. The SMILES string of the molecule is Cc1cc(N2C(=S)N[C@H](c3ccccn3)[C@H]2c2cccn2-c2ccc(N(C)C)cc2)ccc1NS(C)(=O)=O. The normalized spacial score (nSPS) is 17.4. The van der Waals surface area contributed by atoms with E-state index in [1.807, 2.05) is 57.4 Å². The number of hydrogen-bond acceptors (Lipinski definition) is 5. The first-order chi connectivity index (χ1) is 18.1. The molecule has 1 aliphatic heterocycles. The molecular formula is C28H30N6O2S2. The van der Waals surface area contributed by atoms with Crippen molar-refractivity contribution in [3.05, 3.63) is 102 Å². The average Bonchev–Trinajstić information content (AvgIpc) is 3.49. The predicted molar refractivity (Wildman–Crippen MR) is 158 cm³/mol. The molecule has 5 rings (SSSR count). The van der Waals surface area contributed by atoms with Gasteiger partial charge in [-0.05, 0) is 91.4 Å². The predicted octanol–water partition coefficient (Wildman–Crippen LogP) is 4.80. The van der Waals surface area contributed by atoms with Gasteiger partial charge in [-0.25, -0.2) is 8.42 Å². The maximum atomic E-state index is 11.8. The van der Waals surface area contributed by atoms with E-state index in [0.29, 0.717) is 10.8 Å². The summed E-state index contributed by atoms with van der Waals surface area (Å²) >= 11 is 5.88. The molecule has 2 aromatic heterocycles. The first-order valence-electron chi connectivity index (χ1n) is 12.2. The number of hydrogen-bond donors (Lipinski definition) is 2. The van der Waals surface area contributed by atoms with E-state index in [2.05, 4.69) is 65.9 Å². The van der Waals surface area contributed by atoms with Crippen LogP contribution in [0.25, 0.3) is 5.69 Å². The van der Waals surface area contributed by atoms with Gasteiger partial charge in [-0.2, -0.15) is 0 Å². The minimum atomic E-state index is -3.39. The van der Waals surface area contributed by atoms with Crippen molar-refractivity contribution in [2.24, 2.45) is 0 Å². The van der Waals surface area contributed by atoms with Crippen LogP contribution in [0.2, 0.25) is 0 Å². The highest BCUT2D eigenvalue weighted by Crippen LogP contribution is 2.43. The van der Waals surface area contributed by atoms with Crippen molar-refractivity contribution in [1.29, 1.82) is 0 Å². The summed E-state index contributed by atoms with van der Waals surface area (Å²) in [4.78, 5) is 8.81. The first kappa shape index (κ1) is 25.7. The highest BCUT2D eigenvalue weighted by molar-refractivity contribution is 7.92. The van der Waals surface area contributed by atoms with Gasteiger partial charge >= 0.3 is 0 Å². The quantitative estimate of drug-likeness (QED) is 0.323. The van der Waals surface area contributed by atoms with E-state index in [1.165, 1.54) is 0 Å². The van der Waals surface area contributed by atoms with E-state index >= 15 is 0 Å². The van der Waals surface area contributed by atoms with Gasteiger partial charge in [0.1, 0.15) is 6.04 Å². The Balaban J connectivity index is 1.61. The maximum Gasteiger partial charge on any atom is 0.229 e. The van der Waals surface area contributed by atoms with E-state index in [1.54, 1.807) is 12.3 Å². The minimum Gasteiger partial charge on any atom is -0.378 e. The molecule has 1 aliphatic rings. The van der Waals surface area contributed by atoms with Crippen LogP contribution in [-0.2, 0) is 10.0 Å². The van der Waals surface area contributed by atoms with Crippen molar-refractivity contribution in [2.45, 2.75) is 19.0 Å². The number of rotatable bonds is 7. The maximum absolute atomic E-state index is 11.8. The summed E-state index contributed by atoms with van der Waals surface area (Å²) in [6, 6.07) is 23.6. The molecule has 4 aromatic rings. The van der Waals surface area contributed by atoms with E-state index < -0.39 is 10.0 Å². The van der Waals surface area contributed by atoms with Gasteiger partial charge in [-0.3, -0.25) is 9.71 Å². The molecule has 2 N–H and O–H groups in total. The van der Waals surface area contributed by atoms with Crippen LogP contribution in [-0.4, -0.2) is 43.4 Å². The molecule has 2 aromatic carbocycles. The largest absolute Gasteiger partial charge is 0.378 e. The Morgan fingerprint density at radius 2 is 1.74 bits per heavy atom. The smallest absolute Gasteiger partial charge is 0.229 e. The van der Waals surface area contributed by atoms with Crippen LogP contribution < -0.4 is 19.8 Å². The van der Waals surface area contributed by atoms with Crippen molar-refractivity contribution in [3.8, 4) is 5.69 Å². The third-order valence-corrected chi connectivity index (χ3v) is 7.51. The fraction of sp³-hybridized carbons (Fsp3) is 0.214. The zero-order chi connectivity index (χ0) is 27.0. The number of aromatic nitrogens is 2. The number of nitrogens with zero attached hydrogens (tertiary/aromatic N) is 4. The van der Waals surface area contributed by atoms with Gasteiger partial charge in [0.15, 0.2) is 5.11 Å². The molecule has 1 saturated heterocycles. The summed E-state index contributed by atoms with van der Waals surface area (Å²) in [7, 11) is 0.652. The monoisotopic (exact) mass is 546 g/mol. The molecule has 0 unspecified atom stereocenters. The number of sulfonamides is 1. The molecule has 10 heteroatoms. The van der Waals surface area contributed by atoms with Gasteiger partial charge in [-0.15, -0.1) is 0 Å². The minimum absolute atomic E-state index is 0.201. The van der Waals surface area contributed by atoms with Gasteiger partial charge in [-0.1, -0.05) is 6.07 Å². The van der Waals surface area contributed by atoms with Crippen LogP contribution >= 0.6 is 12.2 Å².